The minimum absolute atomic E-state index is 0.00907. The Morgan fingerprint density at radius 3 is 2.30 bits per heavy atom. The first kappa shape index (κ1) is 28.2. The lowest BCUT2D eigenvalue weighted by molar-refractivity contribution is -0.344. The molecule has 3 heterocycles. The highest BCUT2D eigenvalue weighted by Gasteiger charge is 2.49. The lowest BCUT2D eigenvalue weighted by Crippen LogP contribution is -2.63. The molecule has 2 aliphatic rings. The van der Waals surface area contributed by atoms with Crippen LogP contribution in [0, 0.1) is 0 Å². The molecule has 3 unspecified atom stereocenters. The molecule has 0 amide bonds. The van der Waals surface area contributed by atoms with Crippen LogP contribution in [-0.2, 0) is 14.2 Å². The van der Waals surface area contributed by atoms with Crippen molar-refractivity contribution < 1.29 is 64.2 Å². The van der Waals surface area contributed by atoms with Gasteiger partial charge >= 0.3 is 0 Å². The summed E-state index contributed by atoms with van der Waals surface area (Å²) in [6.45, 7) is -1.12. The van der Waals surface area contributed by atoms with Gasteiger partial charge < -0.3 is 64.2 Å². The molecule has 1 aromatic heterocycles. The molecule has 216 valence electrons. The number of aliphatic hydroxyl groups is 6. The zero-order valence-electron chi connectivity index (χ0n) is 20.7. The van der Waals surface area contributed by atoms with Gasteiger partial charge in [-0.3, -0.25) is 4.79 Å². The molecule has 2 fully saturated rings. The van der Waals surface area contributed by atoms with Crippen molar-refractivity contribution in [2.45, 2.75) is 55.3 Å². The predicted octanol–water partition coefficient (Wildman–Crippen LogP) is -1.49. The zero-order chi connectivity index (χ0) is 28.7. The Balaban J connectivity index is 1.47. The van der Waals surface area contributed by atoms with E-state index in [0.717, 1.165) is 6.07 Å². The molecule has 0 aliphatic carbocycles. The Hall–Kier alpha value is -3.31. The summed E-state index contributed by atoms with van der Waals surface area (Å²) in [6.07, 6.45) is -14.2. The molecule has 9 atom stereocenters. The van der Waals surface area contributed by atoms with Gasteiger partial charge in [0.1, 0.15) is 70.6 Å². The first-order chi connectivity index (χ1) is 19.1. The summed E-state index contributed by atoms with van der Waals surface area (Å²) in [5, 5.41) is 80.7. The summed E-state index contributed by atoms with van der Waals surface area (Å²) < 4.78 is 28.0. The second-order valence-electron chi connectivity index (χ2n) is 9.51. The van der Waals surface area contributed by atoms with E-state index in [-0.39, 0.29) is 28.2 Å². The number of rotatable bonds is 6. The smallest absolute Gasteiger partial charge is 0.229 e. The number of hydrogen-bond donors (Lipinski definition) is 8. The number of aromatic hydroxyl groups is 2. The highest BCUT2D eigenvalue weighted by atomic mass is 16.8. The zero-order valence-corrected chi connectivity index (χ0v) is 20.7. The van der Waals surface area contributed by atoms with E-state index in [1.165, 1.54) is 36.4 Å². The fourth-order valence-electron chi connectivity index (χ4n) is 4.56. The molecule has 2 aromatic carbocycles. The maximum Gasteiger partial charge on any atom is 0.229 e. The van der Waals surface area contributed by atoms with E-state index >= 15 is 0 Å². The lowest BCUT2D eigenvalue weighted by atomic mass is 9.98. The summed E-state index contributed by atoms with van der Waals surface area (Å²) in [5.74, 6) is -0.494. The van der Waals surface area contributed by atoms with Crippen LogP contribution in [0.2, 0.25) is 0 Å². The van der Waals surface area contributed by atoms with Crippen LogP contribution in [0.15, 0.2) is 51.7 Å². The van der Waals surface area contributed by atoms with E-state index in [0.29, 0.717) is 5.56 Å². The standard InChI is InChI=1S/C26H28O14/c27-8-18-21(33)22(34)24(40-25-23(35)20(32)15(31)9-36-25)26(39-18)37-12-5-13(29)19-14(30)7-16(38-17(19)6-12)10-1-3-11(28)4-2-10/h1-7,15,18,20-29,31-35H,8-9H2/t15-,18?,20+,21-,22+,23?,24?,25+,26-/m1/s1. The number of benzene rings is 2. The Bertz CT molecular complexity index is 1390. The van der Waals surface area contributed by atoms with Crippen LogP contribution in [0.4, 0.5) is 0 Å². The third kappa shape index (κ3) is 5.36. The number of aliphatic hydroxyl groups excluding tert-OH is 6. The van der Waals surface area contributed by atoms with Crippen molar-refractivity contribution in [3.05, 3.63) is 52.7 Å². The van der Waals surface area contributed by atoms with Gasteiger partial charge in [0, 0.05) is 23.8 Å². The molecule has 14 heteroatoms. The van der Waals surface area contributed by atoms with Crippen LogP contribution < -0.4 is 10.2 Å². The van der Waals surface area contributed by atoms with Gasteiger partial charge in [-0.25, -0.2) is 0 Å². The van der Waals surface area contributed by atoms with Gasteiger partial charge in [-0.2, -0.15) is 0 Å². The summed E-state index contributed by atoms with van der Waals surface area (Å²) in [7, 11) is 0. The largest absolute Gasteiger partial charge is 0.508 e. The Morgan fingerprint density at radius 1 is 0.875 bits per heavy atom. The highest BCUT2D eigenvalue weighted by molar-refractivity contribution is 5.86. The SMILES string of the molecule is O=c1cc(-c2ccc(O)cc2)oc2cc(O[C@@H]3OC(CO)[C@@H](O)[C@H](O)C3O[C@@H]3OC[C@@H](O)[C@H](O)C3O)cc(O)c12. The fraction of sp³-hybridized carbons (Fsp3) is 0.423. The molecular weight excluding hydrogens is 536 g/mol. The summed E-state index contributed by atoms with van der Waals surface area (Å²) in [5.41, 5.74) is -0.180. The molecule has 40 heavy (non-hydrogen) atoms. The Kier molecular flexibility index (Phi) is 7.96. The Labute approximate surface area is 225 Å². The molecule has 2 saturated heterocycles. The van der Waals surface area contributed by atoms with Crippen molar-refractivity contribution in [3.8, 4) is 28.6 Å². The second-order valence-corrected chi connectivity index (χ2v) is 9.51. The predicted molar refractivity (Wildman–Crippen MR) is 132 cm³/mol. The first-order valence-electron chi connectivity index (χ1n) is 12.3. The van der Waals surface area contributed by atoms with Crippen molar-refractivity contribution in [1.82, 2.24) is 0 Å². The third-order valence-corrected chi connectivity index (χ3v) is 6.76. The monoisotopic (exact) mass is 564 g/mol. The van der Waals surface area contributed by atoms with E-state index in [1.54, 1.807) is 0 Å². The average molecular weight is 564 g/mol. The topological polar surface area (TPSA) is 229 Å². The maximum absolute atomic E-state index is 12.8. The molecule has 14 nitrogen and oxygen atoms in total. The van der Waals surface area contributed by atoms with Crippen molar-refractivity contribution in [2.24, 2.45) is 0 Å². The first-order valence-corrected chi connectivity index (χ1v) is 12.3. The highest BCUT2D eigenvalue weighted by Crippen LogP contribution is 2.34. The fourth-order valence-corrected chi connectivity index (χ4v) is 4.56. The minimum Gasteiger partial charge on any atom is -0.508 e. The van der Waals surface area contributed by atoms with Crippen LogP contribution in [-0.4, -0.2) is 109 Å². The van der Waals surface area contributed by atoms with Gasteiger partial charge in [0.15, 0.2) is 17.8 Å². The molecule has 0 bridgehead atoms. The summed E-state index contributed by atoms with van der Waals surface area (Å²) in [6, 6.07) is 9.37. The van der Waals surface area contributed by atoms with Gasteiger partial charge in [0.25, 0.3) is 0 Å². The molecule has 5 rings (SSSR count). The second kappa shape index (κ2) is 11.3. The number of hydrogen-bond acceptors (Lipinski definition) is 14. The van der Waals surface area contributed by atoms with Crippen LogP contribution >= 0.6 is 0 Å². The molecule has 0 radical (unpaired) electrons. The molecule has 8 N–H and O–H groups in total. The quantitative estimate of drug-likeness (QED) is 0.171. The summed E-state index contributed by atoms with van der Waals surface area (Å²) >= 11 is 0. The van der Waals surface area contributed by atoms with E-state index in [4.69, 9.17) is 23.4 Å². The normalized spacial score (nSPS) is 32.7. The number of ether oxygens (including phenoxy) is 4. The summed E-state index contributed by atoms with van der Waals surface area (Å²) in [4.78, 5) is 12.8. The lowest BCUT2D eigenvalue weighted by Gasteiger charge is -2.44. The van der Waals surface area contributed by atoms with Crippen molar-refractivity contribution >= 4 is 11.0 Å². The van der Waals surface area contributed by atoms with Crippen LogP contribution in [0.5, 0.6) is 17.2 Å². The molecule has 2 aliphatic heterocycles. The van der Waals surface area contributed by atoms with E-state index < -0.39 is 79.7 Å². The molecule has 3 aromatic rings. The van der Waals surface area contributed by atoms with Gasteiger partial charge in [0.2, 0.25) is 6.29 Å². The van der Waals surface area contributed by atoms with E-state index in [9.17, 15) is 45.6 Å². The number of phenols is 2. The van der Waals surface area contributed by atoms with Gasteiger partial charge in [-0.15, -0.1) is 0 Å². The van der Waals surface area contributed by atoms with Crippen LogP contribution in [0.25, 0.3) is 22.3 Å². The molecule has 0 spiro atoms. The van der Waals surface area contributed by atoms with Crippen molar-refractivity contribution in [2.75, 3.05) is 13.2 Å². The molecular formula is C26H28O14. The van der Waals surface area contributed by atoms with Crippen molar-refractivity contribution in [3.63, 3.8) is 0 Å². The third-order valence-electron chi connectivity index (χ3n) is 6.76. The van der Waals surface area contributed by atoms with Crippen LogP contribution in [0.1, 0.15) is 0 Å². The van der Waals surface area contributed by atoms with Gasteiger partial charge in [-0.05, 0) is 24.3 Å². The molecule has 0 saturated carbocycles. The van der Waals surface area contributed by atoms with Crippen LogP contribution in [0.3, 0.4) is 0 Å². The Morgan fingerprint density at radius 2 is 1.60 bits per heavy atom. The maximum atomic E-state index is 12.8. The van der Waals surface area contributed by atoms with E-state index in [2.05, 4.69) is 0 Å². The number of fused-ring (bicyclic) bond motifs is 1. The van der Waals surface area contributed by atoms with E-state index in [1.807, 2.05) is 0 Å². The van der Waals surface area contributed by atoms with Gasteiger partial charge in [-0.1, -0.05) is 0 Å². The minimum atomic E-state index is -1.75. The van der Waals surface area contributed by atoms with Gasteiger partial charge in [0.05, 0.1) is 13.2 Å². The average Bonchev–Trinajstić information content (AvgIpc) is 2.92. The number of phenolic OH excluding ortho intramolecular Hbond substituents is 2. The van der Waals surface area contributed by atoms with Crippen molar-refractivity contribution in [1.29, 1.82) is 0 Å².